The van der Waals surface area contributed by atoms with E-state index >= 15 is 0 Å². The molecule has 4 rings (SSSR count). The van der Waals surface area contributed by atoms with Gasteiger partial charge in [0.15, 0.2) is 11.4 Å². The summed E-state index contributed by atoms with van der Waals surface area (Å²) in [6.45, 7) is 3.54. The SMILES string of the molecule is CC(=O)c1ccc2c(c1C)CC[C@@H]2NC(=O)c1cc(N)nc2ccnn12. The molecule has 0 aliphatic heterocycles. The lowest BCUT2D eigenvalue weighted by atomic mass is 9.96. The van der Waals surface area contributed by atoms with E-state index in [2.05, 4.69) is 15.4 Å². The average molecular weight is 349 g/mol. The van der Waals surface area contributed by atoms with Crippen LogP contribution in [-0.4, -0.2) is 26.3 Å². The fourth-order valence-corrected chi connectivity index (χ4v) is 3.74. The van der Waals surface area contributed by atoms with Crippen LogP contribution in [0.4, 0.5) is 5.82 Å². The molecule has 1 aliphatic rings. The Bertz CT molecular complexity index is 1050. The third-order valence-electron chi connectivity index (χ3n) is 4.99. The number of amides is 1. The van der Waals surface area contributed by atoms with Gasteiger partial charge in [0, 0.05) is 17.7 Å². The number of anilines is 1. The van der Waals surface area contributed by atoms with E-state index in [9.17, 15) is 9.59 Å². The second-order valence-electron chi connectivity index (χ2n) is 6.59. The van der Waals surface area contributed by atoms with Gasteiger partial charge in [-0.2, -0.15) is 5.10 Å². The summed E-state index contributed by atoms with van der Waals surface area (Å²) in [6.07, 6.45) is 3.21. The number of nitrogens with two attached hydrogens (primary N) is 1. The Morgan fingerprint density at radius 3 is 2.88 bits per heavy atom. The number of fused-ring (bicyclic) bond motifs is 2. The van der Waals surface area contributed by atoms with Crippen LogP contribution in [-0.2, 0) is 6.42 Å². The number of nitrogens with zero attached hydrogens (tertiary/aromatic N) is 3. The number of benzene rings is 1. The van der Waals surface area contributed by atoms with Crippen molar-refractivity contribution >= 4 is 23.2 Å². The van der Waals surface area contributed by atoms with E-state index in [1.165, 1.54) is 10.6 Å². The minimum absolute atomic E-state index is 0.0612. The number of aromatic nitrogens is 3. The third kappa shape index (κ3) is 2.52. The monoisotopic (exact) mass is 349 g/mol. The van der Waals surface area contributed by atoms with Gasteiger partial charge < -0.3 is 11.1 Å². The van der Waals surface area contributed by atoms with Crippen LogP contribution in [0.15, 0.2) is 30.5 Å². The van der Waals surface area contributed by atoms with Gasteiger partial charge in [-0.1, -0.05) is 12.1 Å². The van der Waals surface area contributed by atoms with Crippen LogP contribution < -0.4 is 11.1 Å². The topological polar surface area (TPSA) is 102 Å². The van der Waals surface area contributed by atoms with Crippen molar-refractivity contribution in [3.8, 4) is 0 Å². The highest BCUT2D eigenvalue weighted by atomic mass is 16.2. The van der Waals surface area contributed by atoms with Gasteiger partial charge in [-0.05, 0) is 43.4 Å². The number of hydrogen-bond acceptors (Lipinski definition) is 5. The Kier molecular flexibility index (Phi) is 3.72. The molecule has 0 spiro atoms. The Morgan fingerprint density at radius 1 is 1.31 bits per heavy atom. The van der Waals surface area contributed by atoms with Gasteiger partial charge >= 0.3 is 0 Å². The van der Waals surface area contributed by atoms with Crippen molar-refractivity contribution in [2.45, 2.75) is 32.7 Å². The predicted octanol–water partition coefficient (Wildman–Crippen LogP) is 2.24. The first-order valence-corrected chi connectivity index (χ1v) is 8.50. The van der Waals surface area contributed by atoms with Gasteiger partial charge in [0.05, 0.1) is 12.2 Å². The fraction of sp³-hybridized carbons (Fsp3) is 0.263. The van der Waals surface area contributed by atoms with Crippen molar-refractivity contribution in [3.05, 3.63) is 58.4 Å². The van der Waals surface area contributed by atoms with Crippen LogP contribution in [0.5, 0.6) is 0 Å². The molecule has 1 aromatic carbocycles. The molecule has 7 nitrogen and oxygen atoms in total. The summed E-state index contributed by atoms with van der Waals surface area (Å²) >= 11 is 0. The maximum Gasteiger partial charge on any atom is 0.270 e. The lowest BCUT2D eigenvalue weighted by molar-refractivity contribution is 0.0928. The molecular formula is C19H19N5O2. The number of nitrogens with one attached hydrogen (secondary N) is 1. The molecule has 3 N–H and O–H groups in total. The van der Waals surface area contributed by atoms with E-state index in [0.717, 1.165) is 35.1 Å². The number of carbonyl (C=O) groups is 2. The molecule has 0 saturated carbocycles. The smallest absolute Gasteiger partial charge is 0.270 e. The molecule has 3 aromatic rings. The van der Waals surface area contributed by atoms with Crippen molar-refractivity contribution in [1.29, 1.82) is 0 Å². The normalized spacial score (nSPS) is 15.8. The molecule has 132 valence electrons. The molecule has 2 aromatic heterocycles. The molecule has 0 bridgehead atoms. The molecule has 1 aliphatic carbocycles. The van der Waals surface area contributed by atoms with Gasteiger partial charge in [-0.15, -0.1) is 0 Å². The van der Waals surface area contributed by atoms with Gasteiger partial charge in [0.25, 0.3) is 5.91 Å². The highest BCUT2D eigenvalue weighted by Gasteiger charge is 2.27. The number of carbonyl (C=O) groups excluding carboxylic acids is 2. The largest absolute Gasteiger partial charge is 0.384 e. The first kappa shape index (κ1) is 16.3. The van der Waals surface area contributed by atoms with Gasteiger partial charge in [0.1, 0.15) is 11.5 Å². The minimum Gasteiger partial charge on any atom is -0.384 e. The zero-order valence-electron chi connectivity index (χ0n) is 14.6. The summed E-state index contributed by atoms with van der Waals surface area (Å²) in [5.74, 6) is 0.0852. The molecule has 2 heterocycles. The number of rotatable bonds is 3. The van der Waals surface area contributed by atoms with E-state index in [1.807, 2.05) is 19.1 Å². The van der Waals surface area contributed by atoms with Gasteiger partial charge in [-0.3, -0.25) is 9.59 Å². The quantitative estimate of drug-likeness (QED) is 0.706. The number of nitrogen functional groups attached to an aromatic ring is 1. The van der Waals surface area contributed by atoms with Crippen molar-refractivity contribution < 1.29 is 9.59 Å². The van der Waals surface area contributed by atoms with Crippen LogP contribution in [0.1, 0.15) is 56.9 Å². The van der Waals surface area contributed by atoms with E-state index in [4.69, 9.17) is 5.73 Å². The van der Waals surface area contributed by atoms with Crippen molar-refractivity contribution in [2.24, 2.45) is 0 Å². The number of hydrogen-bond donors (Lipinski definition) is 2. The number of Topliss-reactive ketones (excluding diaryl/α,β-unsaturated/α-hetero) is 1. The Hall–Kier alpha value is -3.22. The molecule has 0 radical (unpaired) electrons. The molecular weight excluding hydrogens is 330 g/mol. The zero-order chi connectivity index (χ0) is 18.4. The first-order chi connectivity index (χ1) is 12.5. The van der Waals surface area contributed by atoms with E-state index in [0.29, 0.717) is 11.3 Å². The highest BCUT2D eigenvalue weighted by Crippen LogP contribution is 2.35. The summed E-state index contributed by atoms with van der Waals surface area (Å²) in [4.78, 5) is 28.7. The average Bonchev–Trinajstić information content (AvgIpc) is 3.21. The third-order valence-corrected chi connectivity index (χ3v) is 4.99. The maximum absolute atomic E-state index is 12.8. The summed E-state index contributed by atoms with van der Waals surface area (Å²) in [5.41, 5.74) is 10.7. The molecule has 26 heavy (non-hydrogen) atoms. The van der Waals surface area contributed by atoms with E-state index in [1.54, 1.807) is 19.2 Å². The lowest BCUT2D eigenvalue weighted by Crippen LogP contribution is -2.29. The first-order valence-electron chi connectivity index (χ1n) is 8.50. The Balaban J connectivity index is 1.66. The van der Waals surface area contributed by atoms with Crippen molar-refractivity contribution in [1.82, 2.24) is 19.9 Å². The maximum atomic E-state index is 12.8. The fourth-order valence-electron chi connectivity index (χ4n) is 3.74. The molecule has 1 amide bonds. The highest BCUT2D eigenvalue weighted by molar-refractivity contribution is 5.96. The van der Waals surface area contributed by atoms with Gasteiger partial charge in [0.2, 0.25) is 0 Å². The molecule has 0 fully saturated rings. The number of ketones is 1. The van der Waals surface area contributed by atoms with Gasteiger partial charge in [-0.25, -0.2) is 9.50 Å². The minimum atomic E-state index is -0.251. The zero-order valence-corrected chi connectivity index (χ0v) is 14.6. The molecule has 0 unspecified atom stereocenters. The summed E-state index contributed by atoms with van der Waals surface area (Å²) < 4.78 is 1.48. The molecule has 1 atom stereocenters. The lowest BCUT2D eigenvalue weighted by Gasteiger charge is -2.16. The Morgan fingerprint density at radius 2 is 2.12 bits per heavy atom. The summed E-state index contributed by atoms with van der Waals surface area (Å²) in [5, 5.41) is 7.21. The molecule has 0 saturated heterocycles. The van der Waals surface area contributed by atoms with Crippen LogP contribution in [0.25, 0.3) is 5.65 Å². The second kappa shape index (κ2) is 5.94. The van der Waals surface area contributed by atoms with Crippen LogP contribution in [0, 0.1) is 6.92 Å². The summed E-state index contributed by atoms with van der Waals surface area (Å²) in [6, 6.07) is 6.91. The standard InChI is InChI=1S/C19H19N5O2/c1-10-12(11(2)25)3-4-14-13(10)5-6-15(14)22-19(26)16-9-17(20)23-18-7-8-21-24(16)18/h3-4,7-9,15H,5-6H2,1-2H3,(H2,20,23)(H,22,26)/t15-/m0/s1. The second-order valence-corrected chi connectivity index (χ2v) is 6.59. The van der Waals surface area contributed by atoms with Crippen molar-refractivity contribution in [3.63, 3.8) is 0 Å². The van der Waals surface area contributed by atoms with Crippen LogP contribution >= 0.6 is 0 Å². The molecule has 7 heteroatoms. The Labute approximate surface area is 150 Å². The van der Waals surface area contributed by atoms with E-state index < -0.39 is 0 Å². The van der Waals surface area contributed by atoms with Crippen LogP contribution in [0.3, 0.4) is 0 Å². The van der Waals surface area contributed by atoms with E-state index in [-0.39, 0.29) is 23.6 Å². The van der Waals surface area contributed by atoms with Crippen LogP contribution in [0.2, 0.25) is 0 Å². The predicted molar refractivity (Wildman–Crippen MR) is 97.1 cm³/mol. The summed E-state index contributed by atoms with van der Waals surface area (Å²) in [7, 11) is 0. The van der Waals surface area contributed by atoms with Crippen molar-refractivity contribution in [2.75, 3.05) is 5.73 Å².